The Hall–Kier alpha value is -1.56. The van der Waals surface area contributed by atoms with Gasteiger partial charge < -0.3 is 5.32 Å². The van der Waals surface area contributed by atoms with E-state index in [1.807, 2.05) is 6.07 Å². The van der Waals surface area contributed by atoms with E-state index in [1.54, 1.807) is 12.4 Å². The van der Waals surface area contributed by atoms with Crippen molar-refractivity contribution in [3.63, 3.8) is 0 Å². The van der Waals surface area contributed by atoms with E-state index in [0.29, 0.717) is 5.56 Å². The number of nitrogens with zero attached hydrogens (tertiary/aromatic N) is 2. The highest BCUT2D eigenvalue weighted by atomic mass is 15.0. The SMILES string of the molecule is CC1(Nc2ccncc2C#N)CC1. The molecule has 13 heavy (non-hydrogen) atoms. The molecule has 0 radical (unpaired) electrons. The van der Waals surface area contributed by atoms with Crippen molar-refractivity contribution in [1.29, 1.82) is 5.26 Å². The molecule has 1 aromatic heterocycles. The first kappa shape index (κ1) is 8.06. The summed E-state index contributed by atoms with van der Waals surface area (Å²) < 4.78 is 0. The lowest BCUT2D eigenvalue weighted by molar-refractivity contribution is 0.828. The van der Waals surface area contributed by atoms with Gasteiger partial charge in [0.2, 0.25) is 0 Å². The van der Waals surface area contributed by atoms with Crippen molar-refractivity contribution in [3.8, 4) is 6.07 Å². The van der Waals surface area contributed by atoms with Gasteiger partial charge in [0.05, 0.1) is 11.3 Å². The van der Waals surface area contributed by atoms with Crippen LogP contribution in [0, 0.1) is 11.3 Å². The number of aromatic nitrogens is 1. The smallest absolute Gasteiger partial charge is 0.103 e. The fourth-order valence-electron chi connectivity index (χ4n) is 1.23. The van der Waals surface area contributed by atoms with E-state index >= 15 is 0 Å². The first-order valence-corrected chi connectivity index (χ1v) is 4.36. The molecule has 0 bridgehead atoms. The van der Waals surface area contributed by atoms with Crippen LogP contribution in [0.5, 0.6) is 0 Å². The van der Waals surface area contributed by atoms with Gasteiger partial charge in [-0.3, -0.25) is 4.98 Å². The molecule has 0 aliphatic heterocycles. The van der Waals surface area contributed by atoms with Crippen LogP contribution in [0.2, 0.25) is 0 Å². The number of nitriles is 1. The van der Waals surface area contributed by atoms with E-state index in [-0.39, 0.29) is 5.54 Å². The van der Waals surface area contributed by atoms with Crippen molar-refractivity contribution in [2.24, 2.45) is 0 Å². The number of nitrogens with one attached hydrogen (secondary N) is 1. The van der Waals surface area contributed by atoms with Crippen molar-refractivity contribution in [2.75, 3.05) is 5.32 Å². The summed E-state index contributed by atoms with van der Waals surface area (Å²) in [6.07, 6.45) is 5.66. The zero-order valence-electron chi connectivity index (χ0n) is 7.54. The van der Waals surface area contributed by atoms with Gasteiger partial charge in [0, 0.05) is 17.9 Å². The molecular formula is C10H11N3. The van der Waals surface area contributed by atoms with Gasteiger partial charge in [0.15, 0.2) is 0 Å². The molecule has 0 saturated heterocycles. The first-order chi connectivity index (χ1) is 6.23. The molecule has 3 nitrogen and oxygen atoms in total. The Morgan fingerprint density at radius 2 is 2.38 bits per heavy atom. The van der Waals surface area contributed by atoms with Crippen molar-refractivity contribution < 1.29 is 0 Å². The molecule has 1 aliphatic carbocycles. The summed E-state index contributed by atoms with van der Waals surface area (Å²) in [5.74, 6) is 0. The second-order valence-electron chi connectivity index (χ2n) is 3.72. The first-order valence-electron chi connectivity index (χ1n) is 4.36. The number of anilines is 1. The molecule has 1 aliphatic rings. The highest BCUT2D eigenvalue weighted by molar-refractivity contribution is 5.57. The molecule has 1 N–H and O–H groups in total. The Labute approximate surface area is 77.4 Å². The van der Waals surface area contributed by atoms with Crippen LogP contribution in [-0.2, 0) is 0 Å². The summed E-state index contributed by atoms with van der Waals surface area (Å²) in [6, 6.07) is 3.97. The third-order valence-electron chi connectivity index (χ3n) is 2.38. The fourth-order valence-corrected chi connectivity index (χ4v) is 1.23. The van der Waals surface area contributed by atoms with Gasteiger partial charge in [-0.05, 0) is 25.8 Å². The van der Waals surface area contributed by atoms with Crippen LogP contribution in [-0.4, -0.2) is 10.5 Å². The maximum atomic E-state index is 8.81. The predicted molar refractivity (Wildman–Crippen MR) is 50.2 cm³/mol. The highest BCUT2D eigenvalue weighted by Crippen LogP contribution is 2.38. The molecular weight excluding hydrogens is 162 g/mol. The molecule has 1 heterocycles. The van der Waals surface area contributed by atoms with E-state index in [4.69, 9.17) is 5.26 Å². The molecule has 1 saturated carbocycles. The van der Waals surface area contributed by atoms with Crippen LogP contribution in [0.15, 0.2) is 18.5 Å². The quantitative estimate of drug-likeness (QED) is 0.743. The van der Waals surface area contributed by atoms with Gasteiger partial charge in [0.1, 0.15) is 6.07 Å². The highest BCUT2D eigenvalue weighted by Gasteiger charge is 2.37. The standard InChI is InChI=1S/C10H11N3/c1-10(3-4-10)13-9-2-5-12-7-8(9)6-11/h2,5,7H,3-4H2,1H3,(H,12,13). The van der Waals surface area contributed by atoms with Crippen LogP contribution in [0.3, 0.4) is 0 Å². The second kappa shape index (κ2) is 2.74. The molecule has 0 atom stereocenters. The summed E-state index contributed by atoms with van der Waals surface area (Å²) in [5, 5.41) is 12.2. The molecule has 0 amide bonds. The van der Waals surface area contributed by atoms with Crippen LogP contribution < -0.4 is 5.32 Å². The van der Waals surface area contributed by atoms with E-state index < -0.39 is 0 Å². The summed E-state index contributed by atoms with van der Waals surface area (Å²) >= 11 is 0. The zero-order chi connectivity index (χ0) is 9.31. The van der Waals surface area contributed by atoms with Gasteiger partial charge >= 0.3 is 0 Å². The summed E-state index contributed by atoms with van der Waals surface area (Å²) in [6.45, 7) is 2.16. The Morgan fingerprint density at radius 1 is 1.62 bits per heavy atom. The van der Waals surface area contributed by atoms with Crippen molar-refractivity contribution in [2.45, 2.75) is 25.3 Å². The van der Waals surface area contributed by atoms with Gasteiger partial charge in [-0.2, -0.15) is 5.26 Å². The van der Waals surface area contributed by atoms with Crippen molar-refractivity contribution in [3.05, 3.63) is 24.0 Å². The van der Waals surface area contributed by atoms with Gasteiger partial charge in [-0.1, -0.05) is 0 Å². The number of hydrogen-bond donors (Lipinski definition) is 1. The number of rotatable bonds is 2. The zero-order valence-corrected chi connectivity index (χ0v) is 7.54. The third kappa shape index (κ3) is 1.62. The minimum Gasteiger partial charge on any atom is -0.379 e. The van der Waals surface area contributed by atoms with Gasteiger partial charge in [-0.15, -0.1) is 0 Å². The van der Waals surface area contributed by atoms with E-state index in [2.05, 4.69) is 23.3 Å². The normalized spacial score (nSPS) is 17.5. The monoisotopic (exact) mass is 173 g/mol. The average molecular weight is 173 g/mol. The third-order valence-corrected chi connectivity index (χ3v) is 2.38. The Kier molecular flexibility index (Phi) is 1.70. The van der Waals surface area contributed by atoms with Gasteiger partial charge in [0.25, 0.3) is 0 Å². The summed E-state index contributed by atoms with van der Waals surface area (Å²) in [5.41, 5.74) is 1.74. The average Bonchev–Trinajstić information content (AvgIpc) is 2.84. The second-order valence-corrected chi connectivity index (χ2v) is 3.72. The van der Waals surface area contributed by atoms with Crippen LogP contribution in [0.1, 0.15) is 25.3 Å². The maximum Gasteiger partial charge on any atom is 0.103 e. The van der Waals surface area contributed by atoms with Gasteiger partial charge in [-0.25, -0.2) is 0 Å². The minimum absolute atomic E-state index is 0.215. The molecule has 1 aromatic rings. The Bertz CT molecular complexity index is 361. The lowest BCUT2D eigenvalue weighted by Gasteiger charge is -2.13. The van der Waals surface area contributed by atoms with E-state index in [0.717, 1.165) is 5.69 Å². The largest absolute Gasteiger partial charge is 0.379 e. The van der Waals surface area contributed by atoms with Crippen LogP contribution >= 0.6 is 0 Å². The number of hydrogen-bond acceptors (Lipinski definition) is 3. The Balaban J connectivity index is 2.25. The molecule has 3 heteroatoms. The number of pyridine rings is 1. The lowest BCUT2D eigenvalue weighted by Crippen LogP contribution is -2.16. The maximum absolute atomic E-state index is 8.81. The fraction of sp³-hybridized carbons (Fsp3) is 0.400. The minimum atomic E-state index is 0.215. The molecule has 1 fully saturated rings. The van der Waals surface area contributed by atoms with Crippen molar-refractivity contribution >= 4 is 5.69 Å². The molecule has 0 unspecified atom stereocenters. The van der Waals surface area contributed by atoms with E-state index in [1.165, 1.54) is 12.8 Å². The molecule has 0 aromatic carbocycles. The topological polar surface area (TPSA) is 48.7 Å². The lowest BCUT2D eigenvalue weighted by atomic mass is 10.2. The summed E-state index contributed by atoms with van der Waals surface area (Å²) in [7, 11) is 0. The Morgan fingerprint density at radius 3 is 3.00 bits per heavy atom. The van der Waals surface area contributed by atoms with Crippen LogP contribution in [0.4, 0.5) is 5.69 Å². The summed E-state index contributed by atoms with van der Waals surface area (Å²) in [4.78, 5) is 3.90. The predicted octanol–water partition coefficient (Wildman–Crippen LogP) is 1.92. The molecule has 2 rings (SSSR count). The molecule has 66 valence electrons. The van der Waals surface area contributed by atoms with Crippen molar-refractivity contribution in [1.82, 2.24) is 4.98 Å². The molecule has 0 spiro atoms. The van der Waals surface area contributed by atoms with Crippen LogP contribution in [0.25, 0.3) is 0 Å². The van der Waals surface area contributed by atoms with E-state index in [9.17, 15) is 0 Å².